The van der Waals surface area contributed by atoms with Crippen LogP contribution in [0, 0.1) is 5.92 Å². The van der Waals surface area contributed by atoms with Crippen LogP contribution in [0.15, 0.2) is 12.1 Å². The zero-order valence-electron chi connectivity index (χ0n) is 13.6. The van der Waals surface area contributed by atoms with Crippen molar-refractivity contribution in [3.8, 4) is 0 Å². The Morgan fingerprint density at radius 1 is 1.09 bits per heavy atom. The molecule has 0 aliphatic heterocycles. The number of ketones is 1. The van der Waals surface area contributed by atoms with Gasteiger partial charge in [-0.1, -0.05) is 18.5 Å². The van der Waals surface area contributed by atoms with Crippen LogP contribution < -0.4 is 0 Å². The molecule has 0 bridgehead atoms. The molecule has 3 rings (SSSR count). The van der Waals surface area contributed by atoms with Crippen molar-refractivity contribution >= 4 is 34.6 Å². The molecule has 0 saturated heterocycles. The molecule has 5 heteroatoms. The summed E-state index contributed by atoms with van der Waals surface area (Å²) in [6, 6.07) is 4.33. The maximum Gasteiger partial charge on any atom is 0.223 e. The number of hydrogen-bond acceptors (Lipinski definition) is 3. The number of halogens is 1. The van der Waals surface area contributed by atoms with Gasteiger partial charge in [0.25, 0.3) is 0 Å². The molecule has 2 aliphatic rings. The Labute approximate surface area is 147 Å². The third kappa shape index (κ3) is 4.36. The molecule has 1 aromatic heterocycles. The van der Waals surface area contributed by atoms with E-state index in [1.807, 2.05) is 0 Å². The predicted molar refractivity (Wildman–Crippen MR) is 94.2 cm³/mol. The van der Waals surface area contributed by atoms with Crippen LogP contribution in [0.2, 0.25) is 4.34 Å². The number of hydrogen-bond donors (Lipinski definition) is 0. The molecule has 0 atom stereocenters. The van der Waals surface area contributed by atoms with Crippen molar-refractivity contribution in [1.82, 2.24) is 4.90 Å². The molecule has 0 unspecified atom stereocenters. The first-order valence-electron chi connectivity index (χ1n) is 8.64. The van der Waals surface area contributed by atoms with Gasteiger partial charge >= 0.3 is 0 Å². The second kappa shape index (κ2) is 7.35. The Kier molecular flexibility index (Phi) is 5.42. The first kappa shape index (κ1) is 17.0. The maximum absolute atomic E-state index is 12.7. The fourth-order valence-corrected chi connectivity index (χ4v) is 4.53. The molecule has 126 valence electrons. The van der Waals surface area contributed by atoms with Gasteiger partial charge in [-0.15, -0.1) is 11.3 Å². The summed E-state index contributed by atoms with van der Waals surface area (Å²) in [5.41, 5.74) is 0. The molecule has 0 radical (unpaired) electrons. The molecule has 2 fully saturated rings. The Balaban J connectivity index is 1.55. The molecule has 3 nitrogen and oxygen atoms in total. The summed E-state index contributed by atoms with van der Waals surface area (Å²) in [4.78, 5) is 27.7. The molecule has 2 aliphatic carbocycles. The second-order valence-corrected chi connectivity index (χ2v) is 8.69. The van der Waals surface area contributed by atoms with Gasteiger partial charge in [0.1, 0.15) is 0 Å². The lowest BCUT2D eigenvalue weighted by Gasteiger charge is -2.36. The van der Waals surface area contributed by atoms with Gasteiger partial charge < -0.3 is 4.90 Å². The van der Waals surface area contributed by atoms with E-state index in [1.165, 1.54) is 24.2 Å². The smallest absolute Gasteiger partial charge is 0.223 e. The molecule has 1 amide bonds. The lowest BCUT2D eigenvalue weighted by Crippen LogP contribution is -2.43. The van der Waals surface area contributed by atoms with Crippen LogP contribution in [0.4, 0.5) is 0 Å². The van der Waals surface area contributed by atoms with Crippen LogP contribution >= 0.6 is 22.9 Å². The molecule has 23 heavy (non-hydrogen) atoms. The minimum Gasteiger partial charge on any atom is -0.337 e. The first-order chi connectivity index (χ1) is 11.0. The van der Waals surface area contributed by atoms with Crippen molar-refractivity contribution in [3.05, 3.63) is 21.3 Å². The number of carbonyl (C=O) groups excluding carboxylic acids is 2. The van der Waals surface area contributed by atoms with Gasteiger partial charge in [0.15, 0.2) is 5.78 Å². The zero-order valence-corrected chi connectivity index (χ0v) is 15.2. The second-order valence-electron chi connectivity index (χ2n) is 6.97. The molecule has 2 saturated carbocycles. The highest BCUT2D eigenvalue weighted by Gasteiger charge is 2.38. The summed E-state index contributed by atoms with van der Waals surface area (Å²) < 4.78 is 0.621. The Bertz CT molecular complexity index is 573. The maximum atomic E-state index is 12.7. The average Bonchev–Trinajstić information content (AvgIpc) is 3.27. The summed E-state index contributed by atoms with van der Waals surface area (Å²) in [7, 11) is 0. The number of carbonyl (C=O) groups is 2. The highest BCUT2D eigenvalue weighted by Crippen LogP contribution is 2.36. The minimum absolute atomic E-state index is 0.0308. The Morgan fingerprint density at radius 3 is 2.22 bits per heavy atom. The summed E-state index contributed by atoms with van der Waals surface area (Å²) in [6.07, 6.45) is 7.56. The highest BCUT2D eigenvalue weighted by atomic mass is 35.5. The molecular weight excluding hydrogens is 330 g/mol. The summed E-state index contributed by atoms with van der Waals surface area (Å²) in [6.45, 7) is 2.30. The molecule has 0 spiro atoms. The van der Waals surface area contributed by atoms with Crippen LogP contribution in [0.3, 0.4) is 0 Å². The van der Waals surface area contributed by atoms with Crippen LogP contribution in [0.5, 0.6) is 0 Å². The fourth-order valence-electron chi connectivity index (χ4n) is 3.52. The third-order valence-electron chi connectivity index (χ3n) is 5.02. The summed E-state index contributed by atoms with van der Waals surface area (Å²) in [5, 5.41) is 0. The molecule has 0 aromatic carbocycles. The van der Waals surface area contributed by atoms with Gasteiger partial charge in [0.2, 0.25) is 5.91 Å². The number of amides is 1. The third-order valence-corrected chi connectivity index (χ3v) is 6.29. The van der Waals surface area contributed by atoms with Crippen molar-refractivity contribution in [3.63, 3.8) is 0 Å². The summed E-state index contributed by atoms with van der Waals surface area (Å²) in [5.74, 6) is 0.985. The summed E-state index contributed by atoms with van der Waals surface area (Å²) >= 11 is 7.17. The lowest BCUT2D eigenvalue weighted by atomic mass is 9.86. The lowest BCUT2D eigenvalue weighted by molar-refractivity contribution is -0.135. The Morgan fingerprint density at radius 2 is 1.70 bits per heavy atom. The predicted octanol–water partition coefficient (Wildman–Crippen LogP) is 4.93. The van der Waals surface area contributed by atoms with Gasteiger partial charge in [0, 0.05) is 24.9 Å². The average molecular weight is 354 g/mol. The number of Topliss-reactive ketones (excluding diaryl/α,β-unsaturated/α-hetero) is 1. The largest absolute Gasteiger partial charge is 0.337 e. The van der Waals surface area contributed by atoms with E-state index in [2.05, 4.69) is 11.8 Å². The van der Waals surface area contributed by atoms with Crippen molar-refractivity contribution in [2.24, 2.45) is 5.92 Å². The monoisotopic (exact) mass is 353 g/mol. The topological polar surface area (TPSA) is 37.4 Å². The molecular formula is C18H24ClNO2S. The van der Waals surface area contributed by atoms with E-state index in [0.717, 1.165) is 31.6 Å². The fraction of sp³-hybridized carbons (Fsp3) is 0.667. The van der Waals surface area contributed by atoms with Gasteiger partial charge in [-0.25, -0.2) is 0 Å². The molecule has 0 N–H and O–H groups in total. The van der Waals surface area contributed by atoms with E-state index < -0.39 is 0 Å². The normalized spacial score (nSPS) is 24.4. The number of rotatable bonds is 6. The number of nitrogens with zero attached hydrogens (tertiary/aromatic N) is 1. The van der Waals surface area contributed by atoms with Crippen molar-refractivity contribution in [1.29, 1.82) is 0 Å². The van der Waals surface area contributed by atoms with Crippen LogP contribution in [0.25, 0.3) is 0 Å². The molecule has 1 aromatic rings. The van der Waals surface area contributed by atoms with Crippen LogP contribution in [-0.2, 0) is 4.79 Å². The van der Waals surface area contributed by atoms with Crippen LogP contribution in [0.1, 0.15) is 68.0 Å². The van der Waals surface area contributed by atoms with E-state index in [4.69, 9.17) is 11.6 Å². The standard InChI is InChI=1S/C18H24ClNO2S/c1-12-2-4-13(5-3-12)20(14-6-7-14)18(22)11-8-15(21)16-9-10-17(19)23-16/h9-10,12-14H,2-8,11H2,1H3. The number of thiophene rings is 1. The minimum atomic E-state index is 0.0308. The first-order valence-corrected chi connectivity index (χ1v) is 9.83. The Hall–Kier alpha value is -0.870. The SMILES string of the molecule is CC1CCC(N(C(=O)CCC(=O)c2ccc(Cl)s2)C2CC2)CC1. The highest BCUT2D eigenvalue weighted by molar-refractivity contribution is 7.18. The van der Waals surface area contributed by atoms with E-state index in [-0.39, 0.29) is 11.7 Å². The van der Waals surface area contributed by atoms with Gasteiger partial charge in [-0.2, -0.15) is 0 Å². The van der Waals surface area contributed by atoms with Crippen molar-refractivity contribution < 1.29 is 9.59 Å². The van der Waals surface area contributed by atoms with Gasteiger partial charge in [-0.3, -0.25) is 9.59 Å². The van der Waals surface area contributed by atoms with E-state index in [0.29, 0.717) is 34.1 Å². The van der Waals surface area contributed by atoms with Crippen molar-refractivity contribution in [2.45, 2.75) is 70.4 Å². The van der Waals surface area contributed by atoms with Crippen molar-refractivity contribution in [2.75, 3.05) is 0 Å². The van der Waals surface area contributed by atoms with Gasteiger partial charge in [-0.05, 0) is 56.6 Å². The van der Waals surface area contributed by atoms with E-state index in [9.17, 15) is 9.59 Å². The van der Waals surface area contributed by atoms with E-state index >= 15 is 0 Å². The van der Waals surface area contributed by atoms with Gasteiger partial charge in [0.05, 0.1) is 9.21 Å². The van der Waals surface area contributed by atoms with E-state index in [1.54, 1.807) is 12.1 Å². The zero-order chi connectivity index (χ0) is 16.4. The molecule has 1 heterocycles. The quantitative estimate of drug-likeness (QED) is 0.679. The van der Waals surface area contributed by atoms with Crippen LogP contribution in [-0.4, -0.2) is 28.7 Å².